The predicted octanol–water partition coefficient (Wildman–Crippen LogP) is 7.06. The molecular formula is C37H45ClFN3O6S. The van der Waals surface area contributed by atoms with E-state index >= 15 is 4.39 Å². The standard InChI is InChI=1S/C37H45ClFN3O6S/c1-3-47-36(45)24-12-14-26(15-13-24)48-37(41-16-6-7-17-41,42-18-8-9-27(22-42)46-2)34(43)20-25-19-30(38)32(21-31(25)39)40-35(44)29-23-49-33-11-5-4-10-28(29)33/h4-5,10-11,19,21,23-24,26-27H,3,6-9,12-18,20,22H2,1-2H3,(H,40,44)/t24-,26-,27-,37?/m1/s1. The Morgan fingerprint density at radius 1 is 1.00 bits per heavy atom. The molecule has 0 bridgehead atoms. The molecular weight excluding hydrogens is 669 g/mol. The SMILES string of the molecule is CCOC(=O)[C@H]1CC[C@H](OC(C(=O)Cc2cc(Cl)c(NC(=O)c3csc4ccccc34)cc2F)(N2CCCC2)N2CCC[C@@H](OC)C2)CC1. The number of ketones is 1. The summed E-state index contributed by atoms with van der Waals surface area (Å²) in [6, 6.07) is 10.2. The summed E-state index contributed by atoms with van der Waals surface area (Å²) in [5, 5.41) is 5.48. The minimum absolute atomic E-state index is 0.0684. The quantitative estimate of drug-likeness (QED) is 0.200. The number of anilines is 1. The van der Waals surface area contributed by atoms with Crippen LogP contribution in [0, 0.1) is 11.7 Å². The summed E-state index contributed by atoms with van der Waals surface area (Å²) in [6.07, 6.45) is 5.42. The van der Waals surface area contributed by atoms with Crippen molar-refractivity contribution in [1.82, 2.24) is 9.80 Å². The Morgan fingerprint density at radius 3 is 2.47 bits per heavy atom. The zero-order valence-corrected chi connectivity index (χ0v) is 29.8. The molecule has 2 saturated heterocycles. The lowest BCUT2D eigenvalue weighted by atomic mass is 9.87. The molecule has 2 aliphatic heterocycles. The number of thiophene rings is 1. The normalized spacial score (nSPS) is 23.3. The number of piperidine rings is 1. The smallest absolute Gasteiger partial charge is 0.308 e. The van der Waals surface area contributed by atoms with Crippen LogP contribution in [0.4, 0.5) is 10.1 Å². The van der Waals surface area contributed by atoms with Gasteiger partial charge in [-0.15, -0.1) is 11.3 Å². The fraction of sp³-hybridized carbons (Fsp3) is 0.541. The van der Waals surface area contributed by atoms with Gasteiger partial charge in [0.2, 0.25) is 5.85 Å². The summed E-state index contributed by atoms with van der Waals surface area (Å²) >= 11 is 8.11. The molecule has 3 aromatic rings. The maximum absolute atomic E-state index is 15.9. The van der Waals surface area contributed by atoms with E-state index in [2.05, 4.69) is 15.1 Å². The molecule has 264 valence electrons. The maximum Gasteiger partial charge on any atom is 0.308 e. The molecule has 1 saturated carbocycles. The van der Waals surface area contributed by atoms with E-state index in [1.54, 1.807) is 19.4 Å². The van der Waals surface area contributed by atoms with E-state index in [4.69, 9.17) is 25.8 Å². The van der Waals surface area contributed by atoms with Crippen molar-refractivity contribution < 1.29 is 33.0 Å². The lowest BCUT2D eigenvalue weighted by Crippen LogP contribution is -2.70. The van der Waals surface area contributed by atoms with Gasteiger partial charge in [-0.1, -0.05) is 29.8 Å². The molecule has 1 amide bonds. The number of amides is 1. The van der Waals surface area contributed by atoms with Crippen LogP contribution in [-0.2, 0) is 30.2 Å². The highest BCUT2D eigenvalue weighted by molar-refractivity contribution is 7.17. The van der Waals surface area contributed by atoms with Crippen LogP contribution in [0.2, 0.25) is 5.02 Å². The highest BCUT2D eigenvalue weighted by Crippen LogP contribution is 2.38. The zero-order valence-electron chi connectivity index (χ0n) is 28.2. The van der Waals surface area contributed by atoms with E-state index in [9.17, 15) is 14.4 Å². The fourth-order valence-electron chi connectivity index (χ4n) is 7.55. The minimum atomic E-state index is -1.43. The molecule has 0 spiro atoms. The summed E-state index contributed by atoms with van der Waals surface area (Å²) in [5.74, 6) is -3.09. The molecule has 1 N–H and O–H groups in total. The first-order chi connectivity index (χ1) is 23.7. The number of hydrogen-bond acceptors (Lipinski definition) is 9. The van der Waals surface area contributed by atoms with Crippen molar-refractivity contribution in [2.75, 3.05) is 45.2 Å². The highest BCUT2D eigenvalue weighted by atomic mass is 35.5. The van der Waals surface area contributed by atoms with Gasteiger partial charge in [-0.25, -0.2) is 4.39 Å². The number of benzene rings is 2. The van der Waals surface area contributed by atoms with Crippen LogP contribution >= 0.6 is 22.9 Å². The van der Waals surface area contributed by atoms with Crippen molar-refractivity contribution in [2.45, 2.75) is 82.8 Å². The van der Waals surface area contributed by atoms with Gasteiger partial charge in [-0.3, -0.25) is 24.2 Å². The monoisotopic (exact) mass is 713 g/mol. The second-order valence-electron chi connectivity index (χ2n) is 13.2. The van der Waals surface area contributed by atoms with Gasteiger partial charge in [0, 0.05) is 55.2 Å². The first-order valence-electron chi connectivity index (χ1n) is 17.4. The van der Waals surface area contributed by atoms with E-state index in [-0.39, 0.29) is 58.5 Å². The van der Waals surface area contributed by atoms with Crippen molar-refractivity contribution in [1.29, 1.82) is 0 Å². The number of ether oxygens (including phenoxy) is 3. The number of methoxy groups -OCH3 is 1. The number of hydrogen-bond donors (Lipinski definition) is 1. The number of Topliss-reactive ketones (excluding diaryl/α,β-unsaturated/α-hetero) is 1. The number of nitrogens with zero attached hydrogens (tertiary/aromatic N) is 2. The first kappa shape index (κ1) is 35.9. The molecule has 3 fully saturated rings. The molecule has 3 heterocycles. The minimum Gasteiger partial charge on any atom is -0.466 e. The Labute approximate surface area is 296 Å². The molecule has 6 rings (SSSR count). The number of esters is 1. The van der Waals surface area contributed by atoms with Gasteiger partial charge in [-0.2, -0.15) is 0 Å². The van der Waals surface area contributed by atoms with Gasteiger partial charge in [0.05, 0.1) is 41.0 Å². The summed E-state index contributed by atoms with van der Waals surface area (Å²) in [4.78, 5) is 44.7. The van der Waals surface area contributed by atoms with E-state index < -0.39 is 11.7 Å². The number of rotatable bonds is 12. The van der Waals surface area contributed by atoms with Gasteiger partial charge >= 0.3 is 5.97 Å². The molecule has 3 aliphatic rings. The molecule has 2 atom stereocenters. The Morgan fingerprint density at radius 2 is 1.73 bits per heavy atom. The Kier molecular flexibility index (Phi) is 11.7. The molecule has 9 nitrogen and oxygen atoms in total. The lowest BCUT2D eigenvalue weighted by molar-refractivity contribution is -0.264. The van der Waals surface area contributed by atoms with E-state index in [0.29, 0.717) is 64.0 Å². The summed E-state index contributed by atoms with van der Waals surface area (Å²) in [6.45, 7) is 4.62. The number of nitrogens with one attached hydrogen (secondary N) is 1. The van der Waals surface area contributed by atoms with E-state index in [1.807, 2.05) is 24.3 Å². The fourth-order valence-corrected chi connectivity index (χ4v) is 8.73. The van der Waals surface area contributed by atoms with Crippen LogP contribution in [0.25, 0.3) is 10.1 Å². The maximum atomic E-state index is 15.9. The van der Waals surface area contributed by atoms with Gasteiger partial charge in [0.15, 0.2) is 5.78 Å². The number of likely N-dealkylation sites (tertiary alicyclic amines) is 2. The van der Waals surface area contributed by atoms with Crippen molar-refractivity contribution >= 4 is 56.4 Å². The van der Waals surface area contributed by atoms with Crippen molar-refractivity contribution in [3.63, 3.8) is 0 Å². The van der Waals surface area contributed by atoms with Crippen LogP contribution in [0.15, 0.2) is 41.8 Å². The molecule has 1 unspecified atom stereocenters. The average molecular weight is 714 g/mol. The van der Waals surface area contributed by atoms with Crippen LogP contribution in [-0.4, -0.2) is 85.4 Å². The Bertz CT molecular complexity index is 1660. The molecule has 12 heteroatoms. The molecule has 2 aromatic carbocycles. The van der Waals surface area contributed by atoms with Crippen molar-refractivity contribution in [2.24, 2.45) is 5.92 Å². The predicted molar refractivity (Wildman–Crippen MR) is 189 cm³/mol. The largest absolute Gasteiger partial charge is 0.466 e. The van der Waals surface area contributed by atoms with Crippen molar-refractivity contribution in [3.8, 4) is 0 Å². The number of fused-ring (bicyclic) bond motifs is 1. The van der Waals surface area contributed by atoms with Gasteiger partial charge in [0.1, 0.15) is 5.82 Å². The van der Waals surface area contributed by atoms with Crippen molar-refractivity contribution in [3.05, 3.63) is 63.7 Å². The van der Waals surface area contributed by atoms with Crippen LogP contribution < -0.4 is 5.32 Å². The van der Waals surface area contributed by atoms with Crippen LogP contribution in [0.3, 0.4) is 0 Å². The highest BCUT2D eigenvalue weighted by Gasteiger charge is 2.53. The molecule has 49 heavy (non-hydrogen) atoms. The second-order valence-corrected chi connectivity index (χ2v) is 14.5. The summed E-state index contributed by atoms with van der Waals surface area (Å²) < 4.78 is 35.0. The zero-order chi connectivity index (χ0) is 34.5. The average Bonchev–Trinajstić information content (AvgIpc) is 3.81. The van der Waals surface area contributed by atoms with E-state index in [0.717, 1.165) is 35.8 Å². The third kappa shape index (κ3) is 7.72. The molecule has 1 aromatic heterocycles. The Hall–Kier alpha value is -2.93. The lowest BCUT2D eigenvalue weighted by Gasteiger charge is -2.51. The van der Waals surface area contributed by atoms with Crippen LogP contribution in [0.1, 0.15) is 74.2 Å². The third-order valence-electron chi connectivity index (χ3n) is 10.1. The number of carbonyl (C=O) groups excluding carboxylic acids is 3. The van der Waals surface area contributed by atoms with Gasteiger partial charge in [-0.05, 0) is 82.1 Å². The summed E-state index contributed by atoms with van der Waals surface area (Å²) in [7, 11) is 1.68. The van der Waals surface area contributed by atoms with E-state index in [1.165, 1.54) is 23.5 Å². The first-order valence-corrected chi connectivity index (χ1v) is 18.6. The third-order valence-corrected chi connectivity index (χ3v) is 11.4. The number of carbonyl (C=O) groups is 3. The molecule has 1 aliphatic carbocycles. The number of halogens is 2. The molecule has 0 radical (unpaired) electrons. The Balaban J connectivity index is 1.27. The van der Waals surface area contributed by atoms with Gasteiger partial charge < -0.3 is 19.5 Å². The summed E-state index contributed by atoms with van der Waals surface area (Å²) in [5.41, 5.74) is 0.749. The van der Waals surface area contributed by atoms with Gasteiger partial charge in [0.25, 0.3) is 5.91 Å². The van der Waals surface area contributed by atoms with Crippen LogP contribution in [0.5, 0.6) is 0 Å². The topological polar surface area (TPSA) is 97.4 Å². The second kappa shape index (κ2) is 16.0.